The van der Waals surface area contributed by atoms with Crippen molar-refractivity contribution < 1.29 is 0 Å². The Labute approximate surface area is 48.4 Å². The highest BCUT2D eigenvalue weighted by atomic mass is 14.9. The first kappa shape index (κ1) is 6.75. The quantitative estimate of drug-likeness (QED) is 0.388. The lowest BCUT2D eigenvalue weighted by atomic mass is 10.4. The van der Waals surface area contributed by atoms with E-state index >= 15 is 0 Å². The second-order valence-corrected chi connectivity index (χ2v) is 1.20. The van der Waals surface area contributed by atoms with Crippen LogP contribution in [-0.4, -0.2) is 6.72 Å². The van der Waals surface area contributed by atoms with Gasteiger partial charge >= 0.3 is 0 Å². The molecule has 0 aliphatic rings. The van der Waals surface area contributed by atoms with Crippen molar-refractivity contribution in [2.75, 3.05) is 0 Å². The number of hydrogen-bond acceptors (Lipinski definition) is 3. The van der Waals surface area contributed by atoms with Crippen molar-refractivity contribution in [1.82, 2.24) is 0 Å². The van der Waals surface area contributed by atoms with Gasteiger partial charge in [-0.2, -0.15) is 0 Å². The van der Waals surface area contributed by atoms with Gasteiger partial charge in [-0.25, -0.2) is 4.99 Å². The van der Waals surface area contributed by atoms with Gasteiger partial charge in [-0.3, -0.25) is 0 Å². The first-order valence-electron chi connectivity index (χ1n) is 2.06. The minimum absolute atomic E-state index is 0.222. The van der Waals surface area contributed by atoms with E-state index in [1.54, 1.807) is 0 Å². The van der Waals surface area contributed by atoms with Gasteiger partial charge < -0.3 is 11.5 Å². The van der Waals surface area contributed by atoms with Crippen LogP contribution in [0.25, 0.3) is 0 Å². The maximum Gasteiger partial charge on any atom is 0.145 e. The normalized spacial score (nSPS) is 12.0. The molecule has 0 saturated carbocycles. The molecule has 0 aromatic carbocycles. The summed E-state index contributed by atoms with van der Waals surface area (Å²) in [6.07, 6.45) is 1.42. The van der Waals surface area contributed by atoms with E-state index in [2.05, 4.69) is 18.3 Å². The third-order valence-electron chi connectivity index (χ3n) is 0.686. The summed E-state index contributed by atoms with van der Waals surface area (Å²) < 4.78 is 0. The van der Waals surface area contributed by atoms with Crippen LogP contribution in [0, 0.1) is 0 Å². The van der Waals surface area contributed by atoms with E-state index in [-0.39, 0.29) is 5.82 Å². The lowest BCUT2D eigenvalue weighted by Gasteiger charge is -1.92. The lowest BCUT2D eigenvalue weighted by molar-refractivity contribution is 1.18. The van der Waals surface area contributed by atoms with E-state index in [4.69, 9.17) is 11.5 Å². The first-order valence-corrected chi connectivity index (χ1v) is 2.06. The molecule has 0 radical (unpaired) electrons. The molecule has 8 heavy (non-hydrogen) atoms. The zero-order chi connectivity index (χ0) is 6.57. The van der Waals surface area contributed by atoms with E-state index in [0.717, 1.165) is 0 Å². The Morgan fingerprint density at radius 3 is 2.12 bits per heavy atom. The summed E-state index contributed by atoms with van der Waals surface area (Å²) in [6.45, 7) is 6.55. The molecule has 4 N–H and O–H groups in total. The number of nitrogens with two attached hydrogens (primary N) is 2. The van der Waals surface area contributed by atoms with Crippen molar-refractivity contribution in [1.29, 1.82) is 0 Å². The van der Waals surface area contributed by atoms with Crippen molar-refractivity contribution in [2.24, 2.45) is 16.5 Å². The highest BCUT2D eigenvalue weighted by Crippen LogP contribution is 1.89. The Balaban J connectivity index is 4.25. The number of rotatable bonds is 2. The topological polar surface area (TPSA) is 64.4 Å². The van der Waals surface area contributed by atoms with E-state index in [1.165, 1.54) is 6.08 Å². The molecular formula is C5H9N3. The van der Waals surface area contributed by atoms with Crippen LogP contribution in [0.3, 0.4) is 0 Å². The summed E-state index contributed by atoms with van der Waals surface area (Å²) in [5.74, 6) is 0.222. The first-order chi connectivity index (χ1) is 3.72. The summed E-state index contributed by atoms with van der Waals surface area (Å²) in [5, 5.41) is 0. The molecule has 0 aliphatic heterocycles. The average molecular weight is 111 g/mol. The molecule has 0 saturated heterocycles. The Morgan fingerprint density at radius 2 is 2.00 bits per heavy atom. The predicted molar refractivity (Wildman–Crippen MR) is 35.1 cm³/mol. The van der Waals surface area contributed by atoms with Crippen molar-refractivity contribution in [3.05, 3.63) is 24.2 Å². The molecule has 0 amide bonds. The summed E-state index contributed by atoms with van der Waals surface area (Å²) in [4.78, 5) is 3.37. The van der Waals surface area contributed by atoms with E-state index < -0.39 is 0 Å². The molecular weight excluding hydrogens is 102 g/mol. The lowest BCUT2D eigenvalue weighted by Crippen LogP contribution is -2.04. The molecule has 3 heteroatoms. The van der Waals surface area contributed by atoms with Crippen LogP contribution in [0.2, 0.25) is 0 Å². The third kappa shape index (κ3) is 1.47. The maximum atomic E-state index is 5.23. The van der Waals surface area contributed by atoms with Crippen molar-refractivity contribution in [3.63, 3.8) is 0 Å². The molecule has 3 nitrogen and oxygen atoms in total. The van der Waals surface area contributed by atoms with Crippen LogP contribution in [0.15, 0.2) is 29.2 Å². The predicted octanol–water partition coefficient (Wildman–Crippen LogP) is -0.0405. The smallest absolute Gasteiger partial charge is 0.145 e. The second kappa shape index (κ2) is 2.85. The molecule has 0 heterocycles. The van der Waals surface area contributed by atoms with Crippen molar-refractivity contribution >= 4 is 6.72 Å². The van der Waals surface area contributed by atoms with Gasteiger partial charge in [-0.15, -0.1) is 0 Å². The third-order valence-corrected chi connectivity index (χ3v) is 0.686. The summed E-state index contributed by atoms with van der Waals surface area (Å²) in [6, 6.07) is 0. The van der Waals surface area contributed by atoms with E-state index in [9.17, 15) is 0 Å². The average Bonchev–Trinajstić information content (AvgIpc) is 1.84. The zero-order valence-corrected chi connectivity index (χ0v) is 4.59. The molecule has 0 aliphatic carbocycles. The summed E-state index contributed by atoms with van der Waals surface area (Å²) in [5.41, 5.74) is 10.8. The van der Waals surface area contributed by atoms with Crippen LogP contribution in [-0.2, 0) is 0 Å². The molecule has 44 valence electrons. The number of hydrogen-bond donors (Lipinski definition) is 2. The van der Waals surface area contributed by atoms with Crippen LogP contribution < -0.4 is 11.5 Å². The molecule has 0 bridgehead atoms. The molecule has 0 aromatic heterocycles. The minimum Gasteiger partial charge on any atom is -0.396 e. The monoisotopic (exact) mass is 111 g/mol. The van der Waals surface area contributed by atoms with Gasteiger partial charge in [0, 0.05) is 0 Å². The summed E-state index contributed by atoms with van der Waals surface area (Å²) >= 11 is 0. The fourth-order valence-corrected chi connectivity index (χ4v) is 0.196. The zero-order valence-electron chi connectivity index (χ0n) is 4.59. The van der Waals surface area contributed by atoms with Gasteiger partial charge in [0.05, 0.1) is 5.70 Å². The van der Waals surface area contributed by atoms with E-state index in [0.29, 0.717) is 5.70 Å². The van der Waals surface area contributed by atoms with Gasteiger partial charge in [0.25, 0.3) is 0 Å². The van der Waals surface area contributed by atoms with Gasteiger partial charge in [0.15, 0.2) is 0 Å². The molecule has 0 unspecified atom stereocenters. The van der Waals surface area contributed by atoms with Gasteiger partial charge in [-0.1, -0.05) is 6.58 Å². The van der Waals surface area contributed by atoms with Gasteiger partial charge in [-0.05, 0) is 12.8 Å². The van der Waals surface area contributed by atoms with Crippen molar-refractivity contribution in [2.45, 2.75) is 0 Å². The molecule has 0 fully saturated rings. The molecule has 0 aromatic rings. The van der Waals surface area contributed by atoms with Gasteiger partial charge in [0.2, 0.25) is 0 Å². The Kier molecular flexibility index (Phi) is 2.40. The largest absolute Gasteiger partial charge is 0.396 e. The Morgan fingerprint density at radius 1 is 1.50 bits per heavy atom. The Hall–Kier alpha value is -1.25. The highest BCUT2D eigenvalue weighted by Gasteiger charge is 1.85. The SMILES string of the molecule is C=C/C(N)=C(/N)N=C. The van der Waals surface area contributed by atoms with E-state index in [1.807, 2.05) is 0 Å². The van der Waals surface area contributed by atoms with Crippen LogP contribution >= 0.6 is 0 Å². The standard InChI is InChI=1S/C5H9N3/c1-3-4(6)5(7)8-2/h3H,1-2,6-7H2/b5-4+. The van der Waals surface area contributed by atoms with Crippen LogP contribution in [0.5, 0.6) is 0 Å². The minimum atomic E-state index is 0.222. The molecule has 0 atom stereocenters. The number of nitrogens with zero attached hydrogens (tertiary/aromatic N) is 1. The molecule has 0 rings (SSSR count). The van der Waals surface area contributed by atoms with Crippen LogP contribution in [0.4, 0.5) is 0 Å². The summed E-state index contributed by atoms with van der Waals surface area (Å²) in [7, 11) is 0. The fraction of sp³-hybridized carbons (Fsp3) is 0. The maximum absolute atomic E-state index is 5.23. The second-order valence-electron chi connectivity index (χ2n) is 1.20. The number of aliphatic imine (C=N–C) groups is 1. The molecule has 0 spiro atoms. The van der Waals surface area contributed by atoms with Gasteiger partial charge in [0.1, 0.15) is 5.82 Å². The van der Waals surface area contributed by atoms with Crippen molar-refractivity contribution in [3.8, 4) is 0 Å². The highest BCUT2D eigenvalue weighted by molar-refractivity contribution is 5.31. The Bertz CT molecular complexity index is 119. The number of allylic oxidation sites excluding steroid dienone is 1. The van der Waals surface area contributed by atoms with Crippen LogP contribution in [0.1, 0.15) is 0 Å². The fourth-order valence-electron chi connectivity index (χ4n) is 0.196.